The van der Waals surface area contributed by atoms with Crippen molar-refractivity contribution in [3.8, 4) is 0 Å². The van der Waals surface area contributed by atoms with Gasteiger partial charge in [0.05, 0.1) is 6.10 Å². The molecule has 4 rings (SSSR count). The van der Waals surface area contributed by atoms with E-state index < -0.39 is 0 Å². The number of nitrogens with two attached hydrogens (primary N) is 1. The van der Waals surface area contributed by atoms with Crippen LogP contribution >= 0.6 is 0 Å². The lowest BCUT2D eigenvalue weighted by Crippen LogP contribution is -2.17. The van der Waals surface area contributed by atoms with E-state index in [0.29, 0.717) is 29.5 Å². The number of rotatable bonds is 7. The average molecular weight is 370 g/mol. The molecule has 0 radical (unpaired) electrons. The van der Waals surface area contributed by atoms with Crippen LogP contribution in [0.2, 0.25) is 0 Å². The van der Waals surface area contributed by atoms with Crippen LogP contribution in [0.15, 0.2) is 29.8 Å². The SMILES string of the molecule is Cn1cccc1CCNc1nc2c(N)ncnc2n1C1CCC(CN=O)O1. The Bertz CT molecular complexity index is 950. The molecule has 2 unspecified atom stereocenters. The minimum absolute atomic E-state index is 0.149. The van der Waals surface area contributed by atoms with E-state index in [2.05, 4.69) is 36.1 Å². The van der Waals surface area contributed by atoms with Crippen LogP contribution in [0.5, 0.6) is 0 Å². The van der Waals surface area contributed by atoms with Crippen LogP contribution in [-0.4, -0.2) is 43.3 Å². The Balaban J connectivity index is 1.60. The molecule has 2 atom stereocenters. The molecule has 0 aliphatic carbocycles. The number of nitrogens with zero attached hydrogens (tertiary/aromatic N) is 6. The Labute approximate surface area is 155 Å². The van der Waals surface area contributed by atoms with Crippen molar-refractivity contribution >= 4 is 22.9 Å². The number of fused-ring (bicyclic) bond motifs is 1. The topological polar surface area (TPSA) is 125 Å². The van der Waals surface area contributed by atoms with Crippen LogP contribution in [0, 0.1) is 4.91 Å². The first kappa shape index (κ1) is 17.4. The molecule has 10 nitrogen and oxygen atoms in total. The van der Waals surface area contributed by atoms with Crippen molar-refractivity contribution in [3.05, 3.63) is 35.3 Å². The predicted octanol–water partition coefficient (Wildman–Crippen LogP) is 1.85. The Morgan fingerprint density at radius 2 is 2.30 bits per heavy atom. The molecule has 3 aromatic heterocycles. The summed E-state index contributed by atoms with van der Waals surface area (Å²) in [6.07, 6.45) is 5.35. The maximum absolute atomic E-state index is 10.6. The summed E-state index contributed by atoms with van der Waals surface area (Å²) in [6, 6.07) is 4.11. The fourth-order valence-electron chi connectivity index (χ4n) is 3.48. The predicted molar refractivity (Wildman–Crippen MR) is 101 cm³/mol. The summed E-state index contributed by atoms with van der Waals surface area (Å²) in [7, 11) is 2.02. The number of nitroso groups, excluding NO2 is 1. The lowest BCUT2D eigenvalue weighted by Gasteiger charge is -2.17. The van der Waals surface area contributed by atoms with Crippen molar-refractivity contribution in [3.63, 3.8) is 0 Å². The van der Waals surface area contributed by atoms with Crippen molar-refractivity contribution in [2.24, 2.45) is 12.2 Å². The monoisotopic (exact) mass is 370 g/mol. The van der Waals surface area contributed by atoms with Crippen molar-refractivity contribution in [1.82, 2.24) is 24.1 Å². The summed E-state index contributed by atoms with van der Waals surface area (Å²) in [5.74, 6) is 0.962. The van der Waals surface area contributed by atoms with E-state index in [1.807, 2.05) is 23.9 Å². The van der Waals surface area contributed by atoms with Crippen LogP contribution in [0.4, 0.5) is 11.8 Å². The zero-order chi connectivity index (χ0) is 18.8. The summed E-state index contributed by atoms with van der Waals surface area (Å²) in [5, 5.41) is 6.32. The fraction of sp³-hybridized carbons (Fsp3) is 0.471. The molecule has 0 saturated carbocycles. The number of hydrogen-bond acceptors (Lipinski definition) is 8. The zero-order valence-electron chi connectivity index (χ0n) is 15.1. The third-order valence-corrected chi connectivity index (χ3v) is 4.87. The summed E-state index contributed by atoms with van der Waals surface area (Å²) < 4.78 is 9.98. The maximum Gasteiger partial charge on any atom is 0.207 e. The van der Waals surface area contributed by atoms with Gasteiger partial charge in [0.15, 0.2) is 17.0 Å². The third kappa shape index (κ3) is 3.35. The first-order chi connectivity index (χ1) is 13.2. The van der Waals surface area contributed by atoms with Crippen LogP contribution < -0.4 is 11.1 Å². The van der Waals surface area contributed by atoms with Crippen molar-refractivity contribution < 1.29 is 4.74 Å². The van der Waals surface area contributed by atoms with Gasteiger partial charge < -0.3 is 20.4 Å². The Kier molecular flexibility index (Phi) is 4.71. The third-order valence-electron chi connectivity index (χ3n) is 4.87. The first-order valence-electron chi connectivity index (χ1n) is 8.94. The lowest BCUT2D eigenvalue weighted by molar-refractivity contribution is 0.00998. The van der Waals surface area contributed by atoms with Gasteiger partial charge in [-0.05, 0) is 25.0 Å². The molecule has 10 heteroatoms. The summed E-state index contributed by atoms with van der Waals surface area (Å²) >= 11 is 0. The number of ether oxygens (including phenoxy) is 1. The van der Waals surface area contributed by atoms with Gasteiger partial charge in [-0.3, -0.25) is 4.57 Å². The van der Waals surface area contributed by atoms with Gasteiger partial charge in [-0.25, -0.2) is 15.0 Å². The number of nitrogen functional groups attached to an aromatic ring is 1. The highest BCUT2D eigenvalue weighted by Crippen LogP contribution is 2.34. The number of hydrogen-bond donors (Lipinski definition) is 2. The van der Waals surface area contributed by atoms with Crippen LogP contribution in [0.3, 0.4) is 0 Å². The van der Waals surface area contributed by atoms with Gasteiger partial charge in [-0.2, -0.15) is 4.91 Å². The minimum atomic E-state index is -0.270. The van der Waals surface area contributed by atoms with Crippen LogP contribution in [-0.2, 0) is 18.2 Å². The largest absolute Gasteiger partial charge is 0.382 e. The minimum Gasteiger partial charge on any atom is -0.382 e. The molecule has 1 aliphatic heterocycles. The van der Waals surface area contributed by atoms with E-state index in [0.717, 1.165) is 19.3 Å². The smallest absolute Gasteiger partial charge is 0.207 e. The molecular formula is C17H22N8O2. The van der Waals surface area contributed by atoms with Gasteiger partial charge in [-0.15, -0.1) is 0 Å². The molecule has 1 saturated heterocycles. The fourth-order valence-corrected chi connectivity index (χ4v) is 3.48. The summed E-state index contributed by atoms with van der Waals surface area (Å²) in [5.41, 5.74) is 8.36. The number of nitrogens with one attached hydrogen (secondary N) is 1. The number of anilines is 2. The van der Waals surface area contributed by atoms with Crippen molar-refractivity contribution in [2.75, 3.05) is 24.1 Å². The first-order valence-corrected chi connectivity index (χ1v) is 8.94. The Hall–Kier alpha value is -3.01. The molecule has 1 fully saturated rings. The molecule has 0 spiro atoms. The Morgan fingerprint density at radius 3 is 3.07 bits per heavy atom. The second kappa shape index (κ2) is 7.31. The second-order valence-corrected chi connectivity index (χ2v) is 6.63. The highest BCUT2D eigenvalue weighted by molar-refractivity contribution is 5.84. The lowest BCUT2D eigenvalue weighted by atomic mass is 10.2. The second-order valence-electron chi connectivity index (χ2n) is 6.63. The molecule has 3 aromatic rings. The van der Waals surface area contributed by atoms with E-state index in [4.69, 9.17) is 10.5 Å². The number of imidazole rings is 1. The van der Waals surface area contributed by atoms with Gasteiger partial charge >= 0.3 is 0 Å². The van der Waals surface area contributed by atoms with E-state index in [-0.39, 0.29) is 18.9 Å². The van der Waals surface area contributed by atoms with Gasteiger partial charge in [0.2, 0.25) is 5.95 Å². The molecular weight excluding hydrogens is 348 g/mol. The molecule has 27 heavy (non-hydrogen) atoms. The van der Waals surface area contributed by atoms with Gasteiger partial charge in [0, 0.05) is 31.9 Å². The molecule has 1 aliphatic rings. The highest BCUT2D eigenvalue weighted by Gasteiger charge is 2.30. The van der Waals surface area contributed by atoms with Gasteiger partial charge in [0.1, 0.15) is 19.1 Å². The van der Waals surface area contributed by atoms with Crippen molar-refractivity contribution in [1.29, 1.82) is 0 Å². The van der Waals surface area contributed by atoms with E-state index in [1.165, 1.54) is 12.0 Å². The van der Waals surface area contributed by atoms with E-state index in [9.17, 15) is 4.91 Å². The van der Waals surface area contributed by atoms with Gasteiger partial charge in [-0.1, -0.05) is 5.18 Å². The molecule has 3 N–H and O–H groups in total. The standard InChI is InChI=1S/C17H22N8O2/c1-24-8-2-3-11(24)6-7-19-17-23-14-15(18)20-10-21-16(14)25(17)13-5-4-12(27-13)9-22-26/h2-3,8,10,12-13H,4-7,9H2,1H3,(H,19,23)(H2,18,20,21). The molecule has 0 bridgehead atoms. The normalized spacial score (nSPS) is 19.6. The number of aryl methyl sites for hydroxylation is 1. The molecule has 0 amide bonds. The van der Waals surface area contributed by atoms with E-state index >= 15 is 0 Å². The average Bonchev–Trinajstić information content (AvgIpc) is 3.35. The van der Waals surface area contributed by atoms with Gasteiger partial charge in [0.25, 0.3) is 0 Å². The van der Waals surface area contributed by atoms with Crippen LogP contribution in [0.25, 0.3) is 11.2 Å². The molecule has 142 valence electrons. The van der Waals surface area contributed by atoms with E-state index in [1.54, 1.807) is 0 Å². The highest BCUT2D eigenvalue weighted by atomic mass is 16.5. The van der Waals surface area contributed by atoms with Crippen molar-refractivity contribution in [2.45, 2.75) is 31.6 Å². The zero-order valence-corrected chi connectivity index (χ0v) is 15.1. The quantitative estimate of drug-likeness (QED) is 0.608. The Morgan fingerprint density at radius 1 is 1.41 bits per heavy atom. The summed E-state index contributed by atoms with van der Waals surface area (Å²) in [4.78, 5) is 23.5. The van der Waals surface area contributed by atoms with Crippen LogP contribution in [0.1, 0.15) is 24.8 Å². The molecule has 4 heterocycles. The molecule has 0 aromatic carbocycles. The maximum atomic E-state index is 10.6. The number of aromatic nitrogens is 5. The summed E-state index contributed by atoms with van der Waals surface area (Å²) in [6.45, 7) is 0.844.